The van der Waals surface area contributed by atoms with E-state index in [1.807, 2.05) is 30.3 Å². The zero-order valence-electron chi connectivity index (χ0n) is 13.3. The maximum Gasteiger partial charge on any atom is 0.259 e. The topological polar surface area (TPSA) is 68.5 Å². The Morgan fingerprint density at radius 3 is 3.04 bits per heavy atom. The lowest BCUT2D eigenvalue weighted by Crippen LogP contribution is -2.31. The van der Waals surface area contributed by atoms with Crippen LogP contribution in [0.4, 0.5) is 0 Å². The van der Waals surface area contributed by atoms with Crippen LogP contribution in [0.3, 0.4) is 0 Å². The van der Waals surface area contributed by atoms with E-state index in [9.17, 15) is 4.79 Å². The van der Waals surface area contributed by atoms with Gasteiger partial charge in [-0.05, 0) is 19.1 Å². The minimum Gasteiger partial charge on any atom is -0.486 e. The summed E-state index contributed by atoms with van der Waals surface area (Å²) in [7, 11) is 0. The average Bonchev–Trinajstić information content (AvgIpc) is 3.24. The van der Waals surface area contributed by atoms with Gasteiger partial charge < -0.3 is 14.2 Å². The number of likely N-dealkylation sites (tertiary alicyclic amines) is 1. The molecule has 1 saturated heterocycles. The second kappa shape index (κ2) is 5.96. The summed E-state index contributed by atoms with van der Waals surface area (Å²) in [6, 6.07) is 9.80. The Kier molecular flexibility index (Phi) is 3.65. The number of aromatic nitrogens is 2. The standard InChI is InChI=1S/C18H17N3O3/c1-12-15(10-20-24-12)18(22)21-9-7-14(11-21)23-16-6-2-4-13-5-3-8-19-17(13)16/h2-6,8,10,14H,7,9,11H2,1H3. The molecule has 1 fully saturated rings. The summed E-state index contributed by atoms with van der Waals surface area (Å²) in [6.07, 6.45) is 3.98. The first kappa shape index (κ1) is 14.7. The van der Waals surface area contributed by atoms with E-state index in [0.717, 1.165) is 23.1 Å². The summed E-state index contributed by atoms with van der Waals surface area (Å²) in [5.41, 5.74) is 1.36. The first-order valence-corrected chi connectivity index (χ1v) is 7.93. The van der Waals surface area contributed by atoms with Crippen LogP contribution in [0.1, 0.15) is 22.5 Å². The van der Waals surface area contributed by atoms with Gasteiger partial charge in [0.15, 0.2) is 0 Å². The third-order valence-electron chi connectivity index (χ3n) is 4.30. The molecule has 0 saturated carbocycles. The fraction of sp³-hybridized carbons (Fsp3) is 0.278. The number of aryl methyl sites for hydroxylation is 1. The number of hydrogen-bond donors (Lipinski definition) is 0. The van der Waals surface area contributed by atoms with Crippen LogP contribution in [0.5, 0.6) is 5.75 Å². The minimum atomic E-state index is -0.0594. The quantitative estimate of drug-likeness (QED) is 0.741. The zero-order valence-corrected chi connectivity index (χ0v) is 13.3. The van der Waals surface area contributed by atoms with Gasteiger partial charge in [0.25, 0.3) is 5.91 Å². The number of nitrogens with zero attached hydrogens (tertiary/aromatic N) is 3. The lowest BCUT2D eigenvalue weighted by atomic mass is 10.2. The molecular weight excluding hydrogens is 306 g/mol. The van der Waals surface area contributed by atoms with Crippen LogP contribution >= 0.6 is 0 Å². The molecule has 1 atom stereocenters. The Morgan fingerprint density at radius 2 is 2.21 bits per heavy atom. The summed E-state index contributed by atoms with van der Waals surface area (Å²) >= 11 is 0. The molecule has 1 unspecified atom stereocenters. The van der Waals surface area contributed by atoms with Gasteiger partial charge in [-0.2, -0.15) is 0 Å². The fourth-order valence-electron chi connectivity index (χ4n) is 3.03. The van der Waals surface area contributed by atoms with E-state index < -0.39 is 0 Å². The van der Waals surface area contributed by atoms with E-state index in [1.54, 1.807) is 18.0 Å². The highest BCUT2D eigenvalue weighted by atomic mass is 16.5. The molecule has 1 aliphatic rings. The summed E-state index contributed by atoms with van der Waals surface area (Å²) in [6.45, 7) is 2.95. The van der Waals surface area contributed by atoms with Crippen LogP contribution in [-0.2, 0) is 0 Å². The number of rotatable bonds is 3. The number of benzene rings is 1. The zero-order chi connectivity index (χ0) is 16.5. The first-order valence-electron chi connectivity index (χ1n) is 7.93. The Morgan fingerprint density at radius 1 is 1.33 bits per heavy atom. The number of fused-ring (bicyclic) bond motifs is 1. The Labute approximate surface area is 139 Å². The van der Waals surface area contributed by atoms with Crippen molar-refractivity contribution in [3.8, 4) is 5.75 Å². The van der Waals surface area contributed by atoms with Crippen LogP contribution in [0.2, 0.25) is 0 Å². The van der Waals surface area contributed by atoms with Crippen LogP contribution < -0.4 is 4.74 Å². The van der Waals surface area contributed by atoms with Gasteiger partial charge in [-0.1, -0.05) is 23.4 Å². The molecule has 1 amide bonds. The van der Waals surface area contributed by atoms with Gasteiger partial charge in [0, 0.05) is 24.5 Å². The van der Waals surface area contributed by atoms with Crippen LogP contribution in [0, 0.1) is 6.92 Å². The smallest absolute Gasteiger partial charge is 0.259 e. The van der Waals surface area contributed by atoms with Gasteiger partial charge in [-0.15, -0.1) is 0 Å². The lowest BCUT2D eigenvalue weighted by Gasteiger charge is -2.17. The molecule has 6 nitrogen and oxygen atoms in total. The fourth-order valence-corrected chi connectivity index (χ4v) is 3.03. The normalized spacial score (nSPS) is 17.4. The lowest BCUT2D eigenvalue weighted by molar-refractivity contribution is 0.0771. The maximum absolute atomic E-state index is 12.5. The summed E-state index contributed by atoms with van der Waals surface area (Å²) in [5.74, 6) is 1.24. The summed E-state index contributed by atoms with van der Waals surface area (Å²) in [5, 5.41) is 4.72. The molecular formula is C18H17N3O3. The van der Waals surface area contributed by atoms with E-state index in [-0.39, 0.29) is 12.0 Å². The summed E-state index contributed by atoms with van der Waals surface area (Å²) < 4.78 is 11.1. The van der Waals surface area contributed by atoms with Crippen molar-refractivity contribution in [1.29, 1.82) is 0 Å². The highest BCUT2D eigenvalue weighted by Gasteiger charge is 2.30. The summed E-state index contributed by atoms with van der Waals surface area (Å²) in [4.78, 5) is 18.7. The molecule has 0 N–H and O–H groups in total. The molecule has 24 heavy (non-hydrogen) atoms. The molecule has 4 rings (SSSR count). The Balaban J connectivity index is 1.49. The van der Waals surface area contributed by atoms with Crippen molar-refractivity contribution < 1.29 is 14.1 Å². The molecule has 2 aromatic heterocycles. The highest BCUT2D eigenvalue weighted by molar-refractivity contribution is 5.95. The Hall–Kier alpha value is -2.89. The van der Waals surface area contributed by atoms with Crippen molar-refractivity contribution in [3.63, 3.8) is 0 Å². The van der Waals surface area contributed by atoms with Crippen molar-refractivity contribution in [1.82, 2.24) is 15.0 Å². The van der Waals surface area contributed by atoms with Crippen LogP contribution in [0.15, 0.2) is 47.2 Å². The van der Waals surface area contributed by atoms with Gasteiger partial charge in [0.1, 0.15) is 28.7 Å². The van der Waals surface area contributed by atoms with E-state index in [1.165, 1.54) is 6.20 Å². The minimum absolute atomic E-state index is 0.0401. The monoisotopic (exact) mass is 323 g/mol. The van der Waals surface area contributed by atoms with E-state index in [0.29, 0.717) is 24.4 Å². The molecule has 0 radical (unpaired) electrons. The molecule has 3 aromatic rings. The number of hydrogen-bond acceptors (Lipinski definition) is 5. The largest absolute Gasteiger partial charge is 0.486 e. The van der Waals surface area contributed by atoms with Crippen molar-refractivity contribution >= 4 is 16.8 Å². The SMILES string of the molecule is Cc1oncc1C(=O)N1CCC(Oc2cccc3cccnc23)C1. The molecule has 1 aromatic carbocycles. The number of amides is 1. The van der Waals surface area contributed by atoms with Crippen LogP contribution in [0.25, 0.3) is 10.9 Å². The number of carbonyl (C=O) groups excluding carboxylic acids is 1. The third kappa shape index (κ3) is 2.60. The van der Waals surface area contributed by atoms with Crippen molar-refractivity contribution in [2.24, 2.45) is 0 Å². The third-order valence-corrected chi connectivity index (χ3v) is 4.30. The average molecular weight is 323 g/mol. The Bertz CT molecular complexity index is 885. The van der Waals surface area contributed by atoms with E-state index in [4.69, 9.17) is 9.26 Å². The van der Waals surface area contributed by atoms with Gasteiger partial charge >= 0.3 is 0 Å². The maximum atomic E-state index is 12.5. The van der Waals surface area contributed by atoms with Crippen molar-refractivity contribution in [3.05, 3.63) is 54.0 Å². The number of pyridine rings is 1. The van der Waals surface area contributed by atoms with Crippen molar-refractivity contribution in [2.75, 3.05) is 13.1 Å². The predicted molar refractivity (Wildman–Crippen MR) is 87.9 cm³/mol. The van der Waals surface area contributed by atoms with Crippen molar-refractivity contribution in [2.45, 2.75) is 19.4 Å². The predicted octanol–water partition coefficient (Wildman–Crippen LogP) is 2.82. The second-order valence-corrected chi connectivity index (χ2v) is 5.91. The highest BCUT2D eigenvalue weighted by Crippen LogP contribution is 2.26. The number of carbonyl (C=O) groups is 1. The molecule has 0 aliphatic carbocycles. The second-order valence-electron chi connectivity index (χ2n) is 5.91. The van der Waals surface area contributed by atoms with Gasteiger partial charge in [-0.25, -0.2) is 0 Å². The number of ether oxygens (including phenoxy) is 1. The molecule has 122 valence electrons. The van der Waals surface area contributed by atoms with Crippen LogP contribution in [-0.4, -0.2) is 40.1 Å². The molecule has 0 spiro atoms. The molecule has 0 bridgehead atoms. The van der Waals surface area contributed by atoms with Gasteiger partial charge in [0.05, 0.1) is 12.7 Å². The first-order chi connectivity index (χ1) is 11.7. The molecule has 3 heterocycles. The molecule has 1 aliphatic heterocycles. The van der Waals surface area contributed by atoms with E-state index in [2.05, 4.69) is 10.1 Å². The van der Waals surface area contributed by atoms with E-state index >= 15 is 0 Å². The number of para-hydroxylation sites is 1. The van der Waals surface area contributed by atoms with Gasteiger partial charge in [-0.3, -0.25) is 9.78 Å². The van der Waals surface area contributed by atoms with Gasteiger partial charge in [0.2, 0.25) is 0 Å². The molecule has 6 heteroatoms.